The number of aliphatic hydroxyl groups is 1. The van der Waals surface area contributed by atoms with Gasteiger partial charge >= 0.3 is 11.9 Å². The fourth-order valence-corrected chi connectivity index (χ4v) is 30.8. The number of allylic oxidation sites excluding steroid dienone is 2. The van der Waals surface area contributed by atoms with Crippen LogP contribution in [0.5, 0.6) is 0 Å². The van der Waals surface area contributed by atoms with Crippen LogP contribution in [-0.4, -0.2) is 175 Å². The van der Waals surface area contributed by atoms with Crippen molar-refractivity contribution in [1.29, 1.82) is 5.41 Å². The molecule has 0 bridgehead atoms. The Morgan fingerprint density at radius 2 is 0.827 bits per heavy atom. The SMILES string of the molecule is CC1OC(OC2[C@H](O[C@H]3CC[C@@]4(C)C(=CC[C@H]5[C@@H]6C[C@@H]7O[C@]8(CC[C@@H](C)CO8)[C@@H](C)[C@@H]7[C@@]6(C)CC[C@@H]54)C3)OC3COC(c4ccccc4)O[C@H]3[C@@H]2C)C(OC(=O)c2ccccc2)C(C)C1C.CC1O[C@@H](OC(=N)C(Cl)(Cl)Cl)C(OC(=O)c2ccccc2)[C@@H](C)[C@H]1C.C[C@@H]1CC[C@@]2(OC1)O[C@H]1C[C@H]3[C@@H]4CC=C5C[C@@H](O[C@@H]6OC7COC(c8ccccc8)O[C@H]7[C@H](C)C6O)CC[C@]5(C)[C@H]4CC[C@]3(C)[C@H]1[C@@H]2C. The molecule has 16 fully saturated rings. The molecule has 13 unspecified atom stereocenters. The number of ether oxygens (including phenoxy) is 18. The van der Waals surface area contributed by atoms with E-state index in [1.165, 1.54) is 57.8 Å². The van der Waals surface area contributed by atoms with Crippen LogP contribution in [0.2, 0.25) is 0 Å². The first-order valence-corrected chi connectivity index (χ1v) is 54.4. The molecule has 139 heavy (non-hydrogen) atoms. The van der Waals surface area contributed by atoms with E-state index in [2.05, 4.69) is 102 Å². The van der Waals surface area contributed by atoms with E-state index in [1.54, 1.807) is 53.6 Å². The number of halogens is 3. The van der Waals surface area contributed by atoms with E-state index in [4.69, 9.17) is 125 Å². The molecule has 4 aromatic rings. The lowest BCUT2D eigenvalue weighted by atomic mass is 9.47. The molecule has 2 N–H and O–H groups in total. The maximum absolute atomic E-state index is 13.6. The Bertz CT molecular complexity index is 4980. The van der Waals surface area contributed by atoms with Gasteiger partial charge in [0.25, 0.3) is 3.79 Å². The summed E-state index contributed by atoms with van der Waals surface area (Å²) in [6, 6.07) is 37.8. The molecule has 18 aliphatic rings. The summed E-state index contributed by atoms with van der Waals surface area (Å²) in [5.41, 5.74) is 6.99. The summed E-state index contributed by atoms with van der Waals surface area (Å²) < 4.78 is 115. The number of hydrogen-bond donors (Lipinski definition) is 2. The molecular weight excluding hydrogens is 1830 g/mol. The Balaban J connectivity index is 0.000000142. The lowest BCUT2D eigenvalue weighted by molar-refractivity contribution is -0.385. The Morgan fingerprint density at radius 3 is 1.27 bits per heavy atom. The van der Waals surface area contributed by atoms with Gasteiger partial charge in [0.1, 0.15) is 24.4 Å². The van der Waals surface area contributed by atoms with E-state index >= 15 is 0 Å². The minimum Gasteiger partial charge on any atom is -0.453 e. The number of carbonyl (C=O) groups is 2. The number of aliphatic hydroxyl groups excluding tert-OH is 1. The second kappa shape index (κ2) is 40.2. The van der Waals surface area contributed by atoms with E-state index in [-0.39, 0.29) is 112 Å². The van der Waals surface area contributed by atoms with Gasteiger partial charge in [0, 0.05) is 59.5 Å². The van der Waals surface area contributed by atoms with Crippen molar-refractivity contribution in [2.75, 3.05) is 26.4 Å². The molecule has 10 aliphatic heterocycles. The van der Waals surface area contributed by atoms with Crippen molar-refractivity contribution in [3.63, 3.8) is 0 Å². The summed E-state index contributed by atoms with van der Waals surface area (Å²) in [6.07, 6.45) is 17.9. The van der Waals surface area contributed by atoms with E-state index < -0.39 is 83.8 Å². The number of benzene rings is 4. The van der Waals surface area contributed by atoms with Crippen molar-refractivity contribution >= 4 is 52.6 Å². The highest BCUT2D eigenvalue weighted by Crippen LogP contribution is 2.74. The third kappa shape index (κ3) is 19.0. The summed E-state index contributed by atoms with van der Waals surface area (Å²) in [5.74, 6) is 5.16. The highest BCUT2D eigenvalue weighted by Gasteiger charge is 2.72. The molecule has 2 spiro atoms. The first-order chi connectivity index (χ1) is 66.5. The molecule has 22 nitrogen and oxygen atoms in total. The number of alkyl halides is 3. The van der Waals surface area contributed by atoms with Crippen LogP contribution in [0.4, 0.5) is 0 Å². The highest BCUT2D eigenvalue weighted by atomic mass is 35.6. The van der Waals surface area contributed by atoms with Crippen molar-refractivity contribution in [2.45, 2.75) is 365 Å². The monoisotopic (exact) mass is 1980 g/mol. The van der Waals surface area contributed by atoms with Crippen LogP contribution in [0, 0.1) is 134 Å². The summed E-state index contributed by atoms with van der Waals surface area (Å²) in [4.78, 5) is 26.0. The van der Waals surface area contributed by atoms with E-state index in [1.807, 2.05) is 99.6 Å². The lowest BCUT2D eigenvalue weighted by Crippen LogP contribution is -2.62. The van der Waals surface area contributed by atoms with Crippen LogP contribution in [0.15, 0.2) is 145 Å². The van der Waals surface area contributed by atoms with Crippen molar-refractivity contribution in [3.05, 3.63) is 167 Å². The maximum atomic E-state index is 13.6. The summed E-state index contributed by atoms with van der Waals surface area (Å²) in [6.45, 7) is 38.8. The van der Waals surface area contributed by atoms with Crippen LogP contribution < -0.4 is 0 Å². The Labute approximate surface area is 839 Å². The fourth-order valence-electron chi connectivity index (χ4n) is 30.7. The van der Waals surface area contributed by atoms with Gasteiger partial charge in [-0.15, -0.1) is 0 Å². The van der Waals surface area contributed by atoms with Gasteiger partial charge in [0.05, 0.1) is 86.4 Å². The van der Waals surface area contributed by atoms with Gasteiger partial charge in [0.15, 0.2) is 55.2 Å². The summed E-state index contributed by atoms with van der Waals surface area (Å²) in [5, 5.41) is 19.1. The van der Waals surface area contributed by atoms with Crippen molar-refractivity contribution in [1.82, 2.24) is 0 Å². The van der Waals surface area contributed by atoms with Gasteiger partial charge in [0.2, 0.25) is 12.2 Å². The van der Waals surface area contributed by atoms with Gasteiger partial charge in [-0.25, -0.2) is 9.59 Å². The van der Waals surface area contributed by atoms with Crippen LogP contribution >= 0.6 is 34.8 Å². The molecule has 6 saturated carbocycles. The Hall–Kier alpha value is -5.00. The number of nitrogens with one attached hydrogen (secondary N) is 1. The standard InChI is InChI=1S/C56H76O10.C41H58O7.C17H20Cl3NO4/c1-31-21-26-56(59-29-31)35(5)46-44(66-56)28-43-41-20-19-39-27-40(22-24-54(39,7)42(41)23-25-55(43,46)8)61-53-49(34(4)47-45(62-53)30-58-51(64-47)38-17-13-10-14-18-38)65-52-48(33(3)32(2)36(6)60-52)63-50(57)37-15-11-9-12-16-37;1-23-13-18-41(44-21-23)25(3)34-32(48-41)20-31-29-12-11-27-19-28(14-16-39(27,4)30(29)15-17-40(31,34)5)45-38-35(42)24(2)36-33(46-38)22-43-37(47-36)26-9-7-6-8-10-26;1-9-10(2)13(24-14(22)12-7-5-4-6-8-12)15(23-11(9)3)25-16(21)17(18,19)20/h9-19,31-36,40-49,51-53H,20-30H2,1-8H3;6-11,23-25,28-38,42H,12-22H2,1-5H3;4-11,13,15,21H,1-3H3/t31-,32?,33?,34+,35+,36?,40+,41-,42+,43+,44+,45?,46+,47+,48?,49?,51?,52?,53-,54+,55+,56-;23-,24-,25+,28+,29-,30+,31+,32+,33?,34+,35?,36+,37?,38-,39+,40+,41-;9-,10+,11?,13?,15+/m111/s1. The second-order valence-electron chi connectivity index (χ2n) is 47.1. The number of fused-ring (bicyclic) bond motifs is 16. The average Bonchev–Trinajstić information content (AvgIpc) is 1.54. The van der Waals surface area contributed by atoms with E-state index in [0.29, 0.717) is 95.2 Å². The predicted molar refractivity (Wildman–Crippen MR) is 525 cm³/mol. The molecule has 22 rings (SSSR count). The molecule has 4 aromatic carbocycles. The molecule has 8 aliphatic carbocycles. The van der Waals surface area contributed by atoms with Crippen LogP contribution in [0.3, 0.4) is 0 Å². The van der Waals surface area contributed by atoms with Gasteiger partial charge in [-0.1, -0.05) is 252 Å². The first-order valence-electron chi connectivity index (χ1n) is 53.2. The minimum absolute atomic E-state index is 0.0258. The number of hydrogen-bond acceptors (Lipinski definition) is 22. The van der Waals surface area contributed by atoms with Gasteiger partial charge in [-0.3, -0.25) is 5.41 Å². The smallest absolute Gasteiger partial charge is 0.338 e. The molecule has 10 saturated heterocycles. The highest BCUT2D eigenvalue weighted by molar-refractivity contribution is 6.76. The van der Waals surface area contributed by atoms with Crippen LogP contribution in [0.1, 0.15) is 271 Å². The third-order valence-electron chi connectivity index (χ3n) is 39.5. The quantitative estimate of drug-likeness (QED) is 0.0415. The zero-order valence-corrected chi connectivity index (χ0v) is 86.7. The molecule has 762 valence electrons. The Morgan fingerprint density at radius 1 is 0.417 bits per heavy atom. The minimum atomic E-state index is -2.02. The third-order valence-corrected chi connectivity index (χ3v) is 40.0. The molecule has 0 aromatic heterocycles. The first kappa shape index (κ1) is 101. The predicted octanol–water partition coefficient (Wildman–Crippen LogP) is 23.0. The second-order valence-corrected chi connectivity index (χ2v) is 49.4. The normalized spacial score (nSPS) is 47.7. The summed E-state index contributed by atoms with van der Waals surface area (Å²) >= 11 is 17.0. The zero-order valence-electron chi connectivity index (χ0n) is 84.4. The Kier molecular flexibility index (Phi) is 29.3. The van der Waals surface area contributed by atoms with E-state index in [9.17, 15) is 14.7 Å². The van der Waals surface area contributed by atoms with Crippen molar-refractivity contribution < 1.29 is 100.0 Å². The largest absolute Gasteiger partial charge is 0.453 e. The number of rotatable bonds is 13. The molecule has 0 radical (unpaired) electrons. The van der Waals surface area contributed by atoms with Crippen LogP contribution in [0.25, 0.3) is 0 Å². The van der Waals surface area contributed by atoms with Crippen LogP contribution in [-0.2, 0) is 85.3 Å². The molecule has 44 atom stereocenters. The molecule has 25 heteroatoms. The number of esters is 2. The van der Waals surface area contributed by atoms with Gasteiger partial charge in [-0.2, -0.15) is 0 Å². The maximum Gasteiger partial charge on any atom is 0.338 e. The van der Waals surface area contributed by atoms with Crippen molar-refractivity contribution in [3.8, 4) is 0 Å². The summed E-state index contributed by atoms with van der Waals surface area (Å²) in [7, 11) is 0. The number of carbonyl (C=O) groups excluding carboxylic acids is 2. The molecule has 10 heterocycles. The van der Waals surface area contributed by atoms with Gasteiger partial charge in [-0.05, 0) is 234 Å². The zero-order chi connectivity index (χ0) is 97.5. The topological polar surface area (TPSA) is 244 Å². The van der Waals surface area contributed by atoms with Crippen molar-refractivity contribution in [2.24, 2.45) is 128 Å². The lowest BCUT2D eigenvalue weighted by Gasteiger charge is -2.59. The fraction of sp³-hybridized carbons (Fsp3) is 0.728. The van der Waals surface area contributed by atoms with E-state index in [0.717, 1.165) is 99.9 Å². The average molecular weight is 1980 g/mol. The van der Waals surface area contributed by atoms with Gasteiger partial charge < -0.3 is 90.4 Å². The molecule has 0 amide bonds. The molecular formula is C114H154Cl3NO21.